The number of hydrogen-bond acceptors (Lipinski definition) is 2. The smallest absolute Gasteiger partial charge is 0.243 e. The molecular formula is C10H20N2O. The Kier molecular flexibility index (Phi) is 6.24. The minimum atomic E-state index is -0.0856. The maximum absolute atomic E-state index is 10.8. The molecule has 3 nitrogen and oxygen atoms in total. The Bertz CT molecular complexity index is 166. The quantitative estimate of drug-likeness (QED) is 0.494. The summed E-state index contributed by atoms with van der Waals surface area (Å²) in [4.78, 5) is 12.9. The van der Waals surface area contributed by atoms with Gasteiger partial charge in [-0.3, -0.25) is 4.79 Å². The predicted octanol–water partition coefficient (Wildman–Crippen LogP) is 1.02. The van der Waals surface area contributed by atoms with Crippen LogP contribution >= 0.6 is 0 Å². The molecule has 0 fully saturated rings. The molecule has 0 aromatic rings. The van der Waals surface area contributed by atoms with Crippen molar-refractivity contribution in [1.29, 1.82) is 0 Å². The predicted molar refractivity (Wildman–Crippen MR) is 55.6 cm³/mol. The van der Waals surface area contributed by atoms with E-state index in [1.807, 2.05) is 0 Å². The average Bonchev–Trinajstić information content (AvgIpc) is 2.11. The molecule has 0 aromatic carbocycles. The Hall–Kier alpha value is -0.830. The van der Waals surface area contributed by atoms with Gasteiger partial charge in [-0.15, -0.1) is 0 Å². The van der Waals surface area contributed by atoms with Gasteiger partial charge in [-0.25, -0.2) is 0 Å². The molecular weight excluding hydrogens is 164 g/mol. The Morgan fingerprint density at radius 2 is 2.23 bits per heavy atom. The standard InChI is InChI=1S/C10H20N2O/c1-5-10(13)11-8-6-7-9(2)12(3)4/h5,9H,1,6-8H2,2-4H3,(H,11,13). The summed E-state index contributed by atoms with van der Waals surface area (Å²) >= 11 is 0. The third-order valence-electron chi connectivity index (χ3n) is 2.16. The number of hydrogen-bond donors (Lipinski definition) is 1. The van der Waals surface area contributed by atoms with Crippen LogP contribution in [0.3, 0.4) is 0 Å². The summed E-state index contributed by atoms with van der Waals surface area (Å²) in [7, 11) is 4.12. The normalized spacial score (nSPS) is 12.6. The molecule has 1 N–H and O–H groups in total. The topological polar surface area (TPSA) is 32.3 Å². The Morgan fingerprint density at radius 1 is 1.62 bits per heavy atom. The first-order valence-electron chi connectivity index (χ1n) is 4.64. The van der Waals surface area contributed by atoms with E-state index < -0.39 is 0 Å². The number of nitrogens with one attached hydrogen (secondary N) is 1. The highest BCUT2D eigenvalue weighted by atomic mass is 16.1. The number of carbonyl (C=O) groups is 1. The molecule has 1 unspecified atom stereocenters. The molecule has 0 rings (SSSR count). The fourth-order valence-electron chi connectivity index (χ4n) is 0.939. The molecule has 13 heavy (non-hydrogen) atoms. The van der Waals surface area contributed by atoms with Gasteiger partial charge in [0.25, 0.3) is 0 Å². The molecule has 76 valence electrons. The molecule has 0 spiro atoms. The number of amides is 1. The third kappa shape index (κ3) is 6.34. The molecule has 3 heteroatoms. The second-order valence-corrected chi connectivity index (χ2v) is 3.45. The molecule has 0 bridgehead atoms. The molecule has 0 aliphatic rings. The van der Waals surface area contributed by atoms with Gasteiger partial charge in [-0.1, -0.05) is 6.58 Å². The highest BCUT2D eigenvalue weighted by molar-refractivity contribution is 5.86. The number of nitrogens with zero attached hydrogens (tertiary/aromatic N) is 1. The molecule has 0 radical (unpaired) electrons. The maximum atomic E-state index is 10.8. The Balaban J connectivity index is 3.35. The van der Waals surface area contributed by atoms with Crippen LogP contribution in [0.15, 0.2) is 12.7 Å². The van der Waals surface area contributed by atoms with Crippen LogP contribution in [-0.4, -0.2) is 37.5 Å². The maximum Gasteiger partial charge on any atom is 0.243 e. The summed E-state index contributed by atoms with van der Waals surface area (Å²) in [6.45, 7) is 6.30. The molecule has 0 saturated heterocycles. The van der Waals surface area contributed by atoms with Gasteiger partial charge in [0.05, 0.1) is 0 Å². The van der Waals surface area contributed by atoms with Gasteiger partial charge >= 0.3 is 0 Å². The van der Waals surface area contributed by atoms with E-state index in [1.54, 1.807) is 0 Å². The van der Waals surface area contributed by atoms with Gasteiger partial charge in [-0.05, 0) is 39.9 Å². The van der Waals surface area contributed by atoms with Gasteiger partial charge in [0, 0.05) is 12.6 Å². The van der Waals surface area contributed by atoms with Gasteiger partial charge in [-0.2, -0.15) is 0 Å². The van der Waals surface area contributed by atoms with Crippen molar-refractivity contribution in [3.05, 3.63) is 12.7 Å². The van der Waals surface area contributed by atoms with Crippen LogP contribution in [0.25, 0.3) is 0 Å². The second-order valence-electron chi connectivity index (χ2n) is 3.45. The van der Waals surface area contributed by atoms with E-state index in [9.17, 15) is 4.79 Å². The van der Waals surface area contributed by atoms with Crippen LogP contribution in [0, 0.1) is 0 Å². The minimum Gasteiger partial charge on any atom is -0.353 e. The monoisotopic (exact) mass is 184 g/mol. The van der Waals surface area contributed by atoms with Crippen molar-refractivity contribution in [1.82, 2.24) is 10.2 Å². The lowest BCUT2D eigenvalue weighted by Crippen LogP contribution is -2.27. The van der Waals surface area contributed by atoms with Gasteiger partial charge in [0.15, 0.2) is 0 Å². The SMILES string of the molecule is C=CC(=O)NCCCC(C)N(C)C. The highest BCUT2D eigenvalue weighted by Crippen LogP contribution is 2.00. The zero-order valence-corrected chi connectivity index (χ0v) is 8.84. The number of rotatable bonds is 6. The second kappa shape index (κ2) is 6.66. The molecule has 0 aliphatic heterocycles. The zero-order valence-electron chi connectivity index (χ0n) is 8.84. The van der Waals surface area contributed by atoms with Crippen molar-refractivity contribution >= 4 is 5.91 Å². The summed E-state index contributed by atoms with van der Waals surface area (Å²) in [5, 5.41) is 2.75. The van der Waals surface area contributed by atoms with E-state index in [0.29, 0.717) is 6.04 Å². The van der Waals surface area contributed by atoms with Crippen LogP contribution in [0.1, 0.15) is 19.8 Å². The van der Waals surface area contributed by atoms with E-state index >= 15 is 0 Å². The third-order valence-corrected chi connectivity index (χ3v) is 2.16. The van der Waals surface area contributed by atoms with Crippen molar-refractivity contribution in [2.45, 2.75) is 25.8 Å². The van der Waals surface area contributed by atoms with Crippen LogP contribution in [0.2, 0.25) is 0 Å². The van der Waals surface area contributed by atoms with Crippen LogP contribution < -0.4 is 5.32 Å². The van der Waals surface area contributed by atoms with Crippen LogP contribution in [0.4, 0.5) is 0 Å². The first kappa shape index (κ1) is 12.2. The minimum absolute atomic E-state index is 0.0856. The summed E-state index contributed by atoms with van der Waals surface area (Å²) in [5.41, 5.74) is 0. The van der Waals surface area contributed by atoms with Crippen LogP contribution in [0.5, 0.6) is 0 Å². The average molecular weight is 184 g/mol. The summed E-state index contributed by atoms with van der Waals surface area (Å²) in [5.74, 6) is -0.0856. The number of carbonyl (C=O) groups excluding carboxylic acids is 1. The summed E-state index contributed by atoms with van der Waals surface area (Å²) in [6.07, 6.45) is 3.42. The molecule has 1 amide bonds. The van der Waals surface area contributed by atoms with E-state index in [0.717, 1.165) is 19.4 Å². The molecule has 0 aliphatic carbocycles. The Morgan fingerprint density at radius 3 is 2.69 bits per heavy atom. The van der Waals surface area contributed by atoms with E-state index in [2.05, 4.69) is 37.8 Å². The van der Waals surface area contributed by atoms with Gasteiger partial charge < -0.3 is 10.2 Å². The molecule has 1 atom stereocenters. The van der Waals surface area contributed by atoms with Gasteiger partial charge in [0.2, 0.25) is 5.91 Å². The molecule has 0 heterocycles. The van der Waals surface area contributed by atoms with Crippen LogP contribution in [-0.2, 0) is 4.79 Å². The first-order valence-corrected chi connectivity index (χ1v) is 4.64. The van der Waals surface area contributed by atoms with E-state index in [1.165, 1.54) is 6.08 Å². The van der Waals surface area contributed by atoms with Gasteiger partial charge in [0.1, 0.15) is 0 Å². The fourth-order valence-corrected chi connectivity index (χ4v) is 0.939. The van der Waals surface area contributed by atoms with Crippen molar-refractivity contribution in [2.75, 3.05) is 20.6 Å². The lowest BCUT2D eigenvalue weighted by atomic mass is 10.1. The van der Waals surface area contributed by atoms with Crippen molar-refractivity contribution in [3.8, 4) is 0 Å². The lowest BCUT2D eigenvalue weighted by Gasteiger charge is -2.19. The Labute approximate surface area is 80.8 Å². The summed E-state index contributed by atoms with van der Waals surface area (Å²) < 4.78 is 0. The lowest BCUT2D eigenvalue weighted by molar-refractivity contribution is -0.116. The molecule has 0 saturated carbocycles. The van der Waals surface area contributed by atoms with E-state index in [-0.39, 0.29) is 5.91 Å². The molecule has 0 aromatic heterocycles. The first-order chi connectivity index (χ1) is 6.07. The fraction of sp³-hybridized carbons (Fsp3) is 0.700. The summed E-state index contributed by atoms with van der Waals surface area (Å²) in [6, 6.07) is 0.570. The van der Waals surface area contributed by atoms with E-state index in [4.69, 9.17) is 0 Å². The van der Waals surface area contributed by atoms with Crippen molar-refractivity contribution < 1.29 is 4.79 Å². The van der Waals surface area contributed by atoms with Crippen molar-refractivity contribution in [2.24, 2.45) is 0 Å². The van der Waals surface area contributed by atoms with Crippen molar-refractivity contribution in [3.63, 3.8) is 0 Å². The highest BCUT2D eigenvalue weighted by Gasteiger charge is 2.03. The largest absolute Gasteiger partial charge is 0.353 e. The zero-order chi connectivity index (χ0) is 10.3.